The number of pyridine rings is 1. The van der Waals surface area contributed by atoms with Crippen molar-refractivity contribution in [3.8, 4) is 17.7 Å². The number of fused-ring (bicyclic) bond motifs is 1. The van der Waals surface area contributed by atoms with Crippen LogP contribution in [0.1, 0.15) is 51.6 Å². The molecule has 2 aromatic rings. The number of carboxylic acid groups (broad SMARTS) is 1. The fraction of sp³-hybridized carbons (Fsp3) is 0.450. The van der Waals surface area contributed by atoms with Crippen molar-refractivity contribution < 1.29 is 48.9 Å². The van der Waals surface area contributed by atoms with Crippen molar-refractivity contribution in [1.29, 1.82) is 5.26 Å². The number of rotatable bonds is 7. The van der Waals surface area contributed by atoms with E-state index in [2.05, 4.69) is 4.98 Å². The Morgan fingerprint density at radius 2 is 2.21 bits per heavy atom. The van der Waals surface area contributed by atoms with Crippen LogP contribution in [0.3, 0.4) is 0 Å². The maximum Gasteiger partial charge on any atom is 1.00 e. The van der Waals surface area contributed by atoms with Gasteiger partial charge in [0.05, 0.1) is 23.8 Å². The van der Waals surface area contributed by atoms with E-state index in [0.717, 1.165) is 32.1 Å². The quantitative estimate of drug-likeness (QED) is 0.358. The van der Waals surface area contributed by atoms with Crippen LogP contribution in [0.2, 0.25) is 0 Å². The molecule has 1 unspecified atom stereocenters. The Bertz CT molecular complexity index is 910. The molecule has 0 spiro atoms. The fourth-order valence-corrected chi connectivity index (χ4v) is 3.08. The van der Waals surface area contributed by atoms with Crippen molar-refractivity contribution in [2.24, 2.45) is 0 Å². The minimum atomic E-state index is -1.54. The summed E-state index contributed by atoms with van der Waals surface area (Å²) in [5.74, 6) is -0.661. The van der Waals surface area contributed by atoms with Crippen LogP contribution in [-0.4, -0.2) is 27.6 Å². The van der Waals surface area contributed by atoms with Crippen LogP contribution in [0.4, 0.5) is 0 Å². The SMILES string of the molecule is CCC(C)Oc1nc2c(OC3CCCC3)cccn2c1/C=C(\C#N)C(=O)[O-].[Na+]. The van der Waals surface area contributed by atoms with Gasteiger partial charge < -0.3 is 19.4 Å². The van der Waals surface area contributed by atoms with Crippen LogP contribution in [-0.2, 0) is 4.79 Å². The Morgan fingerprint density at radius 3 is 2.82 bits per heavy atom. The van der Waals surface area contributed by atoms with E-state index in [1.807, 2.05) is 19.9 Å². The van der Waals surface area contributed by atoms with Gasteiger partial charge in [-0.1, -0.05) is 6.92 Å². The van der Waals surface area contributed by atoms with Gasteiger partial charge in [0.1, 0.15) is 11.8 Å². The summed E-state index contributed by atoms with van der Waals surface area (Å²) in [6.45, 7) is 3.88. The van der Waals surface area contributed by atoms with E-state index < -0.39 is 11.5 Å². The number of ether oxygens (including phenoxy) is 2. The van der Waals surface area contributed by atoms with Gasteiger partial charge in [-0.15, -0.1) is 0 Å². The van der Waals surface area contributed by atoms with E-state index >= 15 is 0 Å². The zero-order chi connectivity index (χ0) is 19.4. The van der Waals surface area contributed by atoms with Gasteiger partial charge in [-0.25, -0.2) is 0 Å². The van der Waals surface area contributed by atoms with Crippen LogP contribution in [0, 0.1) is 11.3 Å². The number of hydrogen-bond donors (Lipinski definition) is 0. The second-order valence-electron chi connectivity index (χ2n) is 6.69. The van der Waals surface area contributed by atoms with Gasteiger partial charge in [0.25, 0.3) is 0 Å². The van der Waals surface area contributed by atoms with E-state index in [9.17, 15) is 9.90 Å². The van der Waals surface area contributed by atoms with E-state index in [4.69, 9.17) is 14.7 Å². The molecule has 28 heavy (non-hydrogen) atoms. The standard InChI is InChI=1S/C20H23N3O4.Na/c1-3-13(2)26-19-16(11-14(12-21)20(24)25)23-10-6-9-17(18(23)22-19)27-15-7-4-5-8-15;/h6,9-11,13,15H,3-5,7-8H2,1-2H3,(H,24,25);/q;+1/p-1/b14-11+;. The molecule has 0 saturated heterocycles. The van der Waals surface area contributed by atoms with Gasteiger partial charge in [0, 0.05) is 6.20 Å². The summed E-state index contributed by atoms with van der Waals surface area (Å²) in [6, 6.07) is 5.28. The number of carbonyl (C=O) groups excluding carboxylic acids is 1. The minimum absolute atomic E-state index is 0. The largest absolute Gasteiger partial charge is 1.00 e. The molecule has 1 fully saturated rings. The molecule has 2 aromatic heterocycles. The van der Waals surface area contributed by atoms with Crippen molar-refractivity contribution in [1.82, 2.24) is 9.38 Å². The smallest absolute Gasteiger partial charge is 0.544 e. The van der Waals surface area contributed by atoms with Crippen molar-refractivity contribution in [2.45, 2.75) is 58.2 Å². The number of aromatic nitrogens is 2. The number of nitriles is 1. The van der Waals surface area contributed by atoms with E-state index in [1.54, 1.807) is 22.7 Å². The first kappa shape index (κ1) is 22.3. The Labute approximate surface area is 186 Å². The van der Waals surface area contributed by atoms with E-state index in [0.29, 0.717) is 17.1 Å². The van der Waals surface area contributed by atoms with Crippen molar-refractivity contribution in [3.05, 3.63) is 29.6 Å². The van der Waals surface area contributed by atoms with Gasteiger partial charge in [-0.05, 0) is 57.2 Å². The first-order chi connectivity index (χ1) is 13.0. The molecule has 0 N–H and O–H groups in total. The molecule has 0 amide bonds. The zero-order valence-corrected chi connectivity index (χ0v) is 18.5. The Balaban J connectivity index is 0.00000280. The van der Waals surface area contributed by atoms with Crippen molar-refractivity contribution in [3.63, 3.8) is 0 Å². The van der Waals surface area contributed by atoms with Crippen molar-refractivity contribution >= 4 is 17.7 Å². The molecule has 1 aliphatic carbocycles. The van der Waals surface area contributed by atoms with E-state index in [1.165, 1.54) is 6.08 Å². The molecule has 0 aliphatic heterocycles. The topological polar surface area (TPSA) is 99.7 Å². The maximum atomic E-state index is 11.2. The first-order valence-corrected chi connectivity index (χ1v) is 9.21. The minimum Gasteiger partial charge on any atom is -0.544 e. The van der Waals surface area contributed by atoms with Gasteiger partial charge in [-0.3, -0.25) is 4.40 Å². The van der Waals surface area contributed by atoms with Crippen molar-refractivity contribution in [2.75, 3.05) is 0 Å². The second-order valence-corrected chi connectivity index (χ2v) is 6.69. The molecule has 2 heterocycles. The predicted molar refractivity (Wildman–Crippen MR) is 97.1 cm³/mol. The fourth-order valence-electron chi connectivity index (χ4n) is 3.08. The normalized spacial score (nSPS) is 15.7. The van der Waals surface area contributed by atoms with Gasteiger partial charge >= 0.3 is 29.6 Å². The van der Waals surface area contributed by atoms with E-state index in [-0.39, 0.29) is 47.6 Å². The van der Waals surface area contributed by atoms with Gasteiger partial charge in [0.15, 0.2) is 11.4 Å². The van der Waals surface area contributed by atoms with Crippen LogP contribution in [0.5, 0.6) is 11.6 Å². The number of imidazole rings is 1. The summed E-state index contributed by atoms with van der Waals surface area (Å²) in [4.78, 5) is 15.7. The van der Waals surface area contributed by atoms with Crippen LogP contribution >= 0.6 is 0 Å². The Kier molecular flexibility index (Phi) is 7.93. The van der Waals surface area contributed by atoms with Gasteiger partial charge in [-0.2, -0.15) is 10.2 Å². The Hall–Kier alpha value is -2.01. The molecule has 8 heteroatoms. The maximum absolute atomic E-state index is 11.2. The van der Waals surface area contributed by atoms with Crippen LogP contribution < -0.4 is 44.1 Å². The molecule has 0 bridgehead atoms. The third-order valence-electron chi connectivity index (χ3n) is 4.72. The summed E-state index contributed by atoms with van der Waals surface area (Å²) in [6.07, 6.45) is 8.08. The molecule has 3 rings (SSSR count). The first-order valence-electron chi connectivity index (χ1n) is 9.21. The molecule has 142 valence electrons. The molecule has 7 nitrogen and oxygen atoms in total. The number of carbonyl (C=O) groups is 1. The molecule has 1 aliphatic rings. The monoisotopic (exact) mass is 391 g/mol. The van der Waals surface area contributed by atoms with Gasteiger partial charge in [0.2, 0.25) is 5.88 Å². The number of carboxylic acids is 1. The predicted octanol–water partition coefficient (Wildman–Crippen LogP) is -0.506. The molecule has 0 aromatic carbocycles. The molecule has 0 radical (unpaired) electrons. The molecular weight excluding hydrogens is 369 g/mol. The number of nitrogens with zero attached hydrogens (tertiary/aromatic N) is 3. The van der Waals surface area contributed by atoms with Crippen LogP contribution in [0.25, 0.3) is 11.7 Å². The summed E-state index contributed by atoms with van der Waals surface area (Å²) < 4.78 is 13.7. The summed E-state index contributed by atoms with van der Waals surface area (Å²) >= 11 is 0. The molecular formula is C20H22N3NaO4. The third kappa shape index (κ3) is 4.88. The summed E-state index contributed by atoms with van der Waals surface area (Å²) in [5.41, 5.74) is 0.417. The second kappa shape index (κ2) is 9.97. The summed E-state index contributed by atoms with van der Waals surface area (Å²) in [7, 11) is 0. The Morgan fingerprint density at radius 1 is 1.50 bits per heavy atom. The third-order valence-corrected chi connectivity index (χ3v) is 4.72. The average molecular weight is 391 g/mol. The zero-order valence-electron chi connectivity index (χ0n) is 16.5. The molecule has 1 atom stereocenters. The summed E-state index contributed by atoms with van der Waals surface area (Å²) in [5, 5.41) is 20.3. The number of hydrogen-bond acceptors (Lipinski definition) is 6. The average Bonchev–Trinajstić information content (AvgIpc) is 3.28. The number of aliphatic carboxylic acids is 1. The van der Waals surface area contributed by atoms with Crippen LogP contribution in [0.15, 0.2) is 23.9 Å². The molecule has 1 saturated carbocycles.